The van der Waals surface area contributed by atoms with Gasteiger partial charge in [0.1, 0.15) is 11.4 Å². The summed E-state index contributed by atoms with van der Waals surface area (Å²) in [6.07, 6.45) is 23.4. The maximum atomic E-state index is 12.4. The lowest BCUT2D eigenvalue weighted by Gasteiger charge is -2.19. The van der Waals surface area contributed by atoms with Crippen LogP contribution in [0.1, 0.15) is 146 Å². The third-order valence-electron chi connectivity index (χ3n) is 7.27. The van der Waals surface area contributed by atoms with E-state index in [-0.39, 0.29) is 18.1 Å². The van der Waals surface area contributed by atoms with Gasteiger partial charge >= 0.3 is 0 Å². The van der Waals surface area contributed by atoms with E-state index < -0.39 is 0 Å². The van der Waals surface area contributed by atoms with Gasteiger partial charge in [-0.1, -0.05) is 136 Å². The van der Waals surface area contributed by atoms with E-state index in [0.717, 1.165) is 12.2 Å². The number of unbranched alkanes of at least 4 members (excludes halogenated alkanes) is 15. The van der Waals surface area contributed by atoms with E-state index in [2.05, 4.69) is 50.2 Å². The van der Waals surface area contributed by atoms with Crippen molar-refractivity contribution in [3.63, 3.8) is 0 Å². The van der Waals surface area contributed by atoms with Gasteiger partial charge in [-0.05, 0) is 35.6 Å². The molecule has 38 heavy (non-hydrogen) atoms. The van der Waals surface area contributed by atoms with Crippen molar-refractivity contribution in [3.05, 3.63) is 47.8 Å². The van der Waals surface area contributed by atoms with Crippen LogP contribution in [-0.2, 0) is 12.1 Å². The van der Waals surface area contributed by atoms with Crippen molar-refractivity contribution in [2.45, 2.75) is 143 Å². The van der Waals surface area contributed by atoms with Crippen molar-refractivity contribution in [2.75, 3.05) is 6.54 Å². The molecule has 0 spiro atoms. The standard InChI is InChI=1S/C33H55N3O2/c1-5-6-7-8-9-10-11-12-13-14-15-16-17-18-19-20-26-34-32(37)31-25-27-36(35-31)28-38-30-23-21-29(22-24-30)33(2,3)4/h21-25,27H,5-20,26,28H2,1-4H3,(H,34,37). The largest absolute Gasteiger partial charge is 0.471 e. The molecule has 0 radical (unpaired) electrons. The summed E-state index contributed by atoms with van der Waals surface area (Å²) in [6, 6.07) is 9.90. The minimum atomic E-state index is -0.112. The number of nitrogens with zero attached hydrogens (tertiary/aromatic N) is 2. The molecule has 1 N–H and O–H groups in total. The number of carbonyl (C=O) groups excluding carboxylic acids is 1. The molecule has 0 saturated heterocycles. The fraction of sp³-hybridized carbons (Fsp3) is 0.697. The molecule has 1 amide bonds. The molecular weight excluding hydrogens is 470 g/mol. The summed E-state index contributed by atoms with van der Waals surface area (Å²) < 4.78 is 7.47. The second kappa shape index (κ2) is 18.9. The molecule has 5 heteroatoms. The van der Waals surface area contributed by atoms with E-state index in [0.29, 0.717) is 12.2 Å². The summed E-state index contributed by atoms with van der Waals surface area (Å²) in [5.74, 6) is 0.683. The normalized spacial score (nSPS) is 11.6. The first-order valence-electron chi connectivity index (χ1n) is 15.4. The van der Waals surface area contributed by atoms with Crippen molar-refractivity contribution >= 4 is 5.91 Å². The van der Waals surface area contributed by atoms with Crippen LogP contribution in [0.4, 0.5) is 0 Å². The predicted molar refractivity (Wildman–Crippen MR) is 160 cm³/mol. The Kier molecular flexibility index (Phi) is 15.8. The fourth-order valence-corrected chi connectivity index (χ4v) is 4.71. The van der Waals surface area contributed by atoms with Crippen LogP contribution in [0, 0.1) is 0 Å². The second-order valence-electron chi connectivity index (χ2n) is 11.8. The number of benzene rings is 1. The van der Waals surface area contributed by atoms with Crippen LogP contribution in [0.2, 0.25) is 0 Å². The highest BCUT2D eigenvalue weighted by molar-refractivity contribution is 5.92. The highest BCUT2D eigenvalue weighted by atomic mass is 16.5. The Labute approximate surface area is 233 Å². The predicted octanol–water partition coefficient (Wildman–Crippen LogP) is 9.21. The van der Waals surface area contributed by atoms with Crippen LogP contribution >= 0.6 is 0 Å². The number of nitrogens with one attached hydrogen (secondary N) is 1. The molecular formula is C33H55N3O2. The number of ether oxygens (including phenoxy) is 1. The maximum Gasteiger partial charge on any atom is 0.271 e. The summed E-state index contributed by atoms with van der Waals surface area (Å²) >= 11 is 0. The Morgan fingerprint density at radius 3 is 1.76 bits per heavy atom. The van der Waals surface area contributed by atoms with E-state index in [4.69, 9.17) is 4.74 Å². The molecule has 0 unspecified atom stereocenters. The lowest BCUT2D eigenvalue weighted by atomic mass is 9.87. The average Bonchev–Trinajstić information content (AvgIpc) is 3.38. The Hall–Kier alpha value is -2.30. The SMILES string of the molecule is CCCCCCCCCCCCCCCCCCNC(=O)c1ccn(COc2ccc(C(C)(C)C)cc2)n1. The molecule has 2 aromatic rings. The number of rotatable bonds is 21. The highest BCUT2D eigenvalue weighted by Crippen LogP contribution is 2.24. The first-order chi connectivity index (χ1) is 18.4. The summed E-state index contributed by atoms with van der Waals surface area (Å²) in [5, 5.41) is 7.36. The monoisotopic (exact) mass is 525 g/mol. The number of carbonyl (C=O) groups is 1. The van der Waals surface area contributed by atoms with Gasteiger partial charge in [0.2, 0.25) is 0 Å². The topological polar surface area (TPSA) is 56.2 Å². The Morgan fingerprint density at radius 2 is 1.26 bits per heavy atom. The van der Waals surface area contributed by atoms with Gasteiger partial charge in [0, 0.05) is 12.7 Å². The van der Waals surface area contributed by atoms with Gasteiger partial charge in [-0.2, -0.15) is 5.10 Å². The minimum absolute atomic E-state index is 0.112. The van der Waals surface area contributed by atoms with E-state index in [9.17, 15) is 4.79 Å². The number of aromatic nitrogens is 2. The molecule has 1 aromatic heterocycles. The lowest BCUT2D eigenvalue weighted by Crippen LogP contribution is -2.25. The molecule has 1 heterocycles. The van der Waals surface area contributed by atoms with Crippen molar-refractivity contribution in [2.24, 2.45) is 0 Å². The Bertz CT molecular complexity index is 867. The lowest BCUT2D eigenvalue weighted by molar-refractivity contribution is 0.0946. The molecule has 0 bridgehead atoms. The first-order valence-corrected chi connectivity index (χ1v) is 15.4. The fourth-order valence-electron chi connectivity index (χ4n) is 4.71. The van der Waals surface area contributed by atoms with Gasteiger partial charge in [-0.25, -0.2) is 4.68 Å². The van der Waals surface area contributed by atoms with Crippen molar-refractivity contribution in [1.82, 2.24) is 15.1 Å². The van der Waals surface area contributed by atoms with Gasteiger partial charge < -0.3 is 10.1 Å². The number of hydrogen-bond donors (Lipinski definition) is 1. The van der Waals surface area contributed by atoms with Crippen LogP contribution < -0.4 is 10.1 Å². The summed E-state index contributed by atoms with van der Waals surface area (Å²) in [4.78, 5) is 12.4. The summed E-state index contributed by atoms with van der Waals surface area (Å²) in [7, 11) is 0. The molecule has 214 valence electrons. The smallest absolute Gasteiger partial charge is 0.271 e. The summed E-state index contributed by atoms with van der Waals surface area (Å²) in [5.41, 5.74) is 1.83. The molecule has 0 aliphatic heterocycles. The highest BCUT2D eigenvalue weighted by Gasteiger charge is 2.13. The van der Waals surface area contributed by atoms with Crippen LogP contribution in [-0.4, -0.2) is 22.2 Å². The van der Waals surface area contributed by atoms with Crippen LogP contribution in [0.15, 0.2) is 36.5 Å². The molecule has 0 aliphatic carbocycles. The molecule has 0 atom stereocenters. The van der Waals surface area contributed by atoms with Crippen LogP contribution in [0.3, 0.4) is 0 Å². The van der Waals surface area contributed by atoms with Gasteiger partial charge in [-0.15, -0.1) is 0 Å². The number of amides is 1. The average molecular weight is 526 g/mol. The summed E-state index contributed by atoms with van der Waals surface area (Å²) in [6.45, 7) is 9.85. The molecule has 2 rings (SSSR count). The zero-order chi connectivity index (χ0) is 27.5. The first kappa shape index (κ1) is 31.9. The molecule has 0 aliphatic rings. The van der Waals surface area contributed by atoms with Gasteiger partial charge in [0.15, 0.2) is 6.73 Å². The molecule has 1 aromatic carbocycles. The van der Waals surface area contributed by atoms with Crippen LogP contribution in [0.5, 0.6) is 5.75 Å². The van der Waals surface area contributed by atoms with Crippen molar-refractivity contribution in [1.29, 1.82) is 0 Å². The van der Waals surface area contributed by atoms with E-state index in [1.165, 1.54) is 102 Å². The Morgan fingerprint density at radius 1 is 0.763 bits per heavy atom. The third kappa shape index (κ3) is 14.0. The number of hydrogen-bond acceptors (Lipinski definition) is 3. The van der Waals surface area contributed by atoms with Gasteiger partial charge in [0.05, 0.1) is 0 Å². The molecule has 0 saturated carbocycles. The minimum Gasteiger partial charge on any atom is -0.471 e. The molecule has 0 fully saturated rings. The van der Waals surface area contributed by atoms with Gasteiger partial charge in [0.25, 0.3) is 5.91 Å². The quantitative estimate of drug-likeness (QED) is 0.165. The van der Waals surface area contributed by atoms with E-state index in [1.807, 2.05) is 12.1 Å². The van der Waals surface area contributed by atoms with E-state index >= 15 is 0 Å². The maximum absolute atomic E-state index is 12.4. The Balaban J connectivity index is 1.43. The zero-order valence-electron chi connectivity index (χ0n) is 24.9. The van der Waals surface area contributed by atoms with Crippen molar-refractivity contribution in [3.8, 4) is 5.75 Å². The van der Waals surface area contributed by atoms with Crippen molar-refractivity contribution < 1.29 is 9.53 Å². The van der Waals surface area contributed by atoms with E-state index in [1.54, 1.807) is 16.9 Å². The van der Waals surface area contributed by atoms with Gasteiger partial charge in [-0.3, -0.25) is 4.79 Å². The zero-order valence-corrected chi connectivity index (χ0v) is 24.9. The van der Waals surface area contributed by atoms with Crippen LogP contribution in [0.25, 0.3) is 0 Å². The third-order valence-corrected chi connectivity index (χ3v) is 7.27. The second-order valence-corrected chi connectivity index (χ2v) is 11.8. The molecule has 5 nitrogen and oxygen atoms in total.